The van der Waals surface area contributed by atoms with E-state index in [1.54, 1.807) is 0 Å². The second kappa shape index (κ2) is 20.6. The zero-order valence-electron chi connectivity index (χ0n) is 18.3. The van der Waals surface area contributed by atoms with Crippen molar-refractivity contribution >= 4 is 11.9 Å². The fraction of sp³-hybridized carbons (Fsp3) is 0.909. The first kappa shape index (κ1) is 26.9. The van der Waals surface area contributed by atoms with Crippen molar-refractivity contribution < 1.29 is 28.5 Å². The van der Waals surface area contributed by atoms with Gasteiger partial charge in [0.2, 0.25) is 0 Å². The standard InChI is InChI=1S/C22H42O6/c1-4-13-20(18-27-16-11-7-5-9-14-21(23)25-2)19-28-17-12-8-6-10-15-22(24)26-3/h20H,4-19H2,1-3H3. The van der Waals surface area contributed by atoms with E-state index in [0.29, 0.717) is 18.8 Å². The maximum atomic E-state index is 11.0. The first-order valence-corrected chi connectivity index (χ1v) is 10.9. The van der Waals surface area contributed by atoms with Crippen LogP contribution in [0.3, 0.4) is 0 Å². The third kappa shape index (κ3) is 18.2. The van der Waals surface area contributed by atoms with E-state index in [-0.39, 0.29) is 11.9 Å². The van der Waals surface area contributed by atoms with Crippen LogP contribution in [0.15, 0.2) is 0 Å². The summed E-state index contributed by atoms with van der Waals surface area (Å²) in [6.45, 7) is 5.26. The fourth-order valence-electron chi connectivity index (χ4n) is 2.98. The summed E-state index contributed by atoms with van der Waals surface area (Å²) in [4.78, 5) is 22.0. The van der Waals surface area contributed by atoms with Gasteiger partial charge in [-0.3, -0.25) is 9.59 Å². The van der Waals surface area contributed by atoms with Crippen molar-refractivity contribution in [2.75, 3.05) is 40.6 Å². The summed E-state index contributed by atoms with van der Waals surface area (Å²) in [5.41, 5.74) is 0. The Hall–Kier alpha value is -1.14. The number of carbonyl (C=O) groups excluding carboxylic acids is 2. The molecular formula is C22H42O6. The van der Waals surface area contributed by atoms with Crippen LogP contribution in [-0.4, -0.2) is 52.6 Å². The number of rotatable bonds is 20. The summed E-state index contributed by atoms with van der Waals surface area (Å²) >= 11 is 0. The second-order valence-corrected chi connectivity index (χ2v) is 7.29. The monoisotopic (exact) mass is 402 g/mol. The molecule has 0 aromatic heterocycles. The van der Waals surface area contributed by atoms with Crippen LogP contribution in [0.4, 0.5) is 0 Å². The summed E-state index contributed by atoms with van der Waals surface area (Å²) in [5, 5.41) is 0. The smallest absolute Gasteiger partial charge is 0.305 e. The molecule has 0 unspecified atom stereocenters. The zero-order chi connectivity index (χ0) is 20.9. The van der Waals surface area contributed by atoms with Crippen LogP contribution in [0.2, 0.25) is 0 Å². The average molecular weight is 403 g/mol. The van der Waals surface area contributed by atoms with Crippen molar-refractivity contribution in [1.29, 1.82) is 0 Å². The molecule has 6 nitrogen and oxygen atoms in total. The molecule has 0 radical (unpaired) electrons. The molecule has 0 saturated heterocycles. The van der Waals surface area contributed by atoms with Crippen LogP contribution in [0.25, 0.3) is 0 Å². The number of unbranched alkanes of at least 4 members (excludes halogenated alkanes) is 6. The van der Waals surface area contributed by atoms with E-state index in [1.165, 1.54) is 14.2 Å². The van der Waals surface area contributed by atoms with Gasteiger partial charge in [0, 0.05) is 32.0 Å². The molecule has 0 spiro atoms. The minimum atomic E-state index is -0.125. The molecule has 0 aliphatic carbocycles. The summed E-state index contributed by atoms with van der Waals surface area (Å²) < 4.78 is 20.9. The molecule has 0 amide bonds. The van der Waals surface area contributed by atoms with Crippen LogP contribution < -0.4 is 0 Å². The number of ether oxygens (including phenoxy) is 4. The van der Waals surface area contributed by atoms with E-state index in [4.69, 9.17) is 9.47 Å². The molecule has 6 heteroatoms. The lowest BCUT2D eigenvalue weighted by molar-refractivity contribution is -0.141. The highest BCUT2D eigenvalue weighted by Gasteiger charge is 2.08. The van der Waals surface area contributed by atoms with Gasteiger partial charge in [0.25, 0.3) is 0 Å². The number of carbonyl (C=O) groups is 2. The normalized spacial score (nSPS) is 11.0. The topological polar surface area (TPSA) is 71.1 Å². The molecule has 0 aromatic rings. The Morgan fingerprint density at radius 3 is 1.50 bits per heavy atom. The van der Waals surface area contributed by atoms with Crippen molar-refractivity contribution in [2.24, 2.45) is 5.92 Å². The van der Waals surface area contributed by atoms with Gasteiger partial charge in [-0.2, -0.15) is 0 Å². The molecule has 0 aliphatic heterocycles. The van der Waals surface area contributed by atoms with E-state index in [1.807, 2.05) is 0 Å². The van der Waals surface area contributed by atoms with Crippen molar-refractivity contribution in [2.45, 2.75) is 84.0 Å². The van der Waals surface area contributed by atoms with Gasteiger partial charge >= 0.3 is 11.9 Å². The molecule has 28 heavy (non-hydrogen) atoms. The molecule has 0 saturated carbocycles. The summed E-state index contributed by atoms with van der Waals surface area (Å²) in [6.07, 6.45) is 11.4. The lowest BCUT2D eigenvalue weighted by Crippen LogP contribution is -2.17. The Balaban J connectivity index is 3.52. The summed E-state index contributed by atoms with van der Waals surface area (Å²) in [7, 11) is 2.86. The molecule has 0 rings (SSSR count). The molecule has 0 aliphatic rings. The van der Waals surface area contributed by atoms with Gasteiger partial charge in [0.1, 0.15) is 0 Å². The Kier molecular flexibility index (Phi) is 19.8. The SMILES string of the molecule is CCCC(COCCCCCCC(=O)OC)COCCCCCCC(=O)OC. The third-order valence-corrected chi connectivity index (χ3v) is 4.70. The van der Waals surface area contributed by atoms with Crippen molar-refractivity contribution in [3.8, 4) is 0 Å². The predicted octanol–water partition coefficient (Wildman–Crippen LogP) is 4.68. The van der Waals surface area contributed by atoms with Crippen molar-refractivity contribution in [3.05, 3.63) is 0 Å². The van der Waals surface area contributed by atoms with E-state index in [0.717, 1.165) is 90.6 Å². The van der Waals surface area contributed by atoms with E-state index in [9.17, 15) is 9.59 Å². The van der Waals surface area contributed by atoms with Gasteiger partial charge in [-0.05, 0) is 32.1 Å². The minimum Gasteiger partial charge on any atom is -0.469 e. The Morgan fingerprint density at radius 1 is 0.679 bits per heavy atom. The van der Waals surface area contributed by atoms with Crippen LogP contribution >= 0.6 is 0 Å². The van der Waals surface area contributed by atoms with Gasteiger partial charge < -0.3 is 18.9 Å². The molecule has 0 aromatic carbocycles. The van der Waals surface area contributed by atoms with Crippen molar-refractivity contribution in [1.82, 2.24) is 0 Å². The van der Waals surface area contributed by atoms with Gasteiger partial charge in [-0.15, -0.1) is 0 Å². The number of esters is 2. The molecular weight excluding hydrogens is 360 g/mol. The van der Waals surface area contributed by atoms with Crippen LogP contribution in [0, 0.1) is 5.92 Å². The van der Waals surface area contributed by atoms with Crippen LogP contribution in [-0.2, 0) is 28.5 Å². The third-order valence-electron chi connectivity index (χ3n) is 4.70. The van der Waals surface area contributed by atoms with Crippen molar-refractivity contribution in [3.63, 3.8) is 0 Å². The molecule has 0 fully saturated rings. The highest BCUT2D eigenvalue weighted by molar-refractivity contribution is 5.69. The quantitative estimate of drug-likeness (QED) is 0.217. The van der Waals surface area contributed by atoms with Gasteiger partial charge in [0.15, 0.2) is 0 Å². The van der Waals surface area contributed by atoms with Gasteiger partial charge in [0.05, 0.1) is 27.4 Å². The number of methoxy groups -OCH3 is 2. The molecule has 0 N–H and O–H groups in total. The Morgan fingerprint density at radius 2 is 1.11 bits per heavy atom. The van der Waals surface area contributed by atoms with Gasteiger partial charge in [-0.25, -0.2) is 0 Å². The highest BCUT2D eigenvalue weighted by atomic mass is 16.5. The highest BCUT2D eigenvalue weighted by Crippen LogP contribution is 2.10. The van der Waals surface area contributed by atoms with E-state index >= 15 is 0 Å². The second-order valence-electron chi connectivity index (χ2n) is 7.29. The van der Waals surface area contributed by atoms with E-state index < -0.39 is 0 Å². The van der Waals surface area contributed by atoms with E-state index in [2.05, 4.69) is 16.4 Å². The number of hydrogen-bond donors (Lipinski definition) is 0. The average Bonchev–Trinajstić information content (AvgIpc) is 2.71. The minimum absolute atomic E-state index is 0.125. The van der Waals surface area contributed by atoms with Crippen LogP contribution in [0.1, 0.15) is 84.0 Å². The largest absolute Gasteiger partial charge is 0.469 e. The molecule has 0 atom stereocenters. The predicted molar refractivity (Wildman–Crippen MR) is 110 cm³/mol. The molecule has 0 bridgehead atoms. The van der Waals surface area contributed by atoms with Crippen LogP contribution in [0.5, 0.6) is 0 Å². The molecule has 0 heterocycles. The molecule has 166 valence electrons. The first-order valence-electron chi connectivity index (χ1n) is 10.9. The Labute approximate surface area is 171 Å². The maximum absolute atomic E-state index is 11.0. The summed E-state index contributed by atoms with van der Waals surface area (Å²) in [6, 6.07) is 0. The van der Waals surface area contributed by atoms with Gasteiger partial charge in [-0.1, -0.05) is 39.0 Å². The number of hydrogen-bond acceptors (Lipinski definition) is 6. The lowest BCUT2D eigenvalue weighted by Gasteiger charge is -2.16. The fourth-order valence-corrected chi connectivity index (χ4v) is 2.98. The lowest BCUT2D eigenvalue weighted by atomic mass is 10.1. The maximum Gasteiger partial charge on any atom is 0.305 e. The Bertz CT molecular complexity index is 340. The first-order chi connectivity index (χ1) is 13.6. The zero-order valence-corrected chi connectivity index (χ0v) is 18.3. The summed E-state index contributed by atoms with van der Waals surface area (Å²) in [5.74, 6) is 0.211.